The molecule has 0 aliphatic heterocycles. The summed E-state index contributed by atoms with van der Waals surface area (Å²) in [6, 6.07) is -0.373. The van der Waals surface area contributed by atoms with Gasteiger partial charge in [0.15, 0.2) is 5.78 Å². The number of rotatable bonds is 4. The van der Waals surface area contributed by atoms with Crippen LogP contribution in [-0.4, -0.2) is 17.7 Å². The van der Waals surface area contributed by atoms with Crippen molar-refractivity contribution in [2.45, 2.75) is 26.3 Å². The van der Waals surface area contributed by atoms with E-state index in [4.69, 9.17) is 17.3 Å². The van der Waals surface area contributed by atoms with Crippen LogP contribution in [0.1, 0.15) is 20.3 Å². The van der Waals surface area contributed by atoms with Crippen molar-refractivity contribution < 1.29 is 4.79 Å². The maximum absolute atomic E-state index is 10.9. The van der Waals surface area contributed by atoms with Crippen LogP contribution < -0.4 is 5.73 Å². The Kier molecular flexibility index (Phi) is 8.63. The zero-order valence-corrected chi connectivity index (χ0v) is 8.41. The number of Topliss-reactive ketones (excluding diaryl/α,β-unsaturated/α-hetero) is 1. The maximum atomic E-state index is 10.9. The normalized spacial score (nSPS) is 14.9. The highest BCUT2D eigenvalue weighted by Crippen LogP contribution is 2.06. The summed E-state index contributed by atoms with van der Waals surface area (Å²) in [5, 5.41) is 0. The van der Waals surface area contributed by atoms with E-state index >= 15 is 0 Å². The molecular weight excluding hydrogens is 185 g/mol. The Morgan fingerprint density at radius 2 is 2.09 bits per heavy atom. The molecule has 0 bridgehead atoms. The van der Waals surface area contributed by atoms with E-state index in [0.717, 1.165) is 6.42 Å². The number of ketones is 1. The lowest BCUT2D eigenvalue weighted by molar-refractivity contribution is -0.118. The van der Waals surface area contributed by atoms with Gasteiger partial charge in [-0.1, -0.05) is 20.3 Å². The molecule has 2 unspecified atom stereocenters. The van der Waals surface area contributed by atoms with Gasteiger partial charge in [-0.3, -0.25) is 4.79 Å². The average Bonchev–Trinajstić information content (AvgIpc) is 2.00. The smallest absolute Gasteiger partial charge is 0.164 e. The SMILES string of the molecule is CCC(C)C(N)C(=O)CCl.Cl. The molecule has 11 heavy (non-hydrogen) atoms. The predicted octanol–water partition coefficient (Wildman–Crippen LogP) is 1.59. The summed E-state index contributed by atoms with van der Waals surface area (Å²) in [7, 11) is 0. The Bertz CT molecular complexity index is 119. The molecular formula is C7H15Cl2NO. The highest BCUT2D eigenvalue weighted by Gasteiger charge is 2.17. The first-order valence-corrected chi connectivity index (χ1v) is 4.01. The quantitative estimate of drug-likeness (QED) is 0.700. The molecule has 0 saturated heterocycles. The second-order valence-corrected chi connectivity index (χ2v) is 2.78. The fourth-order valence-electron chi connectivity index (χ4n) is 0.660. The lowest BCUT2D eigenvalue weighted by Gasteiger charge is -2.14. The topological polar surface area (TPSA) is 43.1 Å². The van der Waals surface area contributed by atoms with Crippen molar-refractivity contribution in [2.75, 3.05) is 5.88 Å². The van der Waals surface area contributed by atoms with Gasteiger partial charge in [0.1, 0.15) is 0 Å². The van der Waals surface area contributed by atoms with Gasteiger partial charge in [-0.25, -0.2) is 0 Å². The molecule has 0 saturated carbocycles. The van der Waals surface area contributed by atoms with E-state index in [-0.39, 0.29) is 36.0 Å². The Labute approximate surface area is 78.9 Å². The molecule has 0 aliphatic carbocycles. The van der Waals surface area contributed by atoms with E-state index in [1.165, 1.54) is 0 Å². The van der Waals surface area contributed by atoms with E-state index in [1.54, 1.807) is 0 Å². The maximum Gasteiger partial charge on any atom is 0.164 e. The summed E-state index contributed by atoms with van der Waals surface area (Å²) in [4.78, 5) is 10.9. The summed E-state index contributed by atoms with van der Waals surface area (Å²) in [5.41, 5.74) is 5.55. The van der Waals surface area contributed by atoms with Crippen LogP contribution in [0.5, 0.6) is 0 Å². The Morgan fingerprint density at radius 3 is 2.36 bits per heavy atom. The largest absolute Gasteiger partial charge is 0.321 e. The molecule has 0 aromatic rings. The van der Waals surface area contributed by atoms with E-state index in [0.29, 0.717) is 0 Å². The third-order valence-corrected chi connectivity index (χ3v) is 2.02. The molecule has 0 aliphatic rings. The van der Waals surface area contributed by atoms with Gasteiger partial charge in [0.25, 0.3) is 0 Å². The van der Waals surface area contributed by atoms with E-state index < -0.39 is 0 Å². The molecule has 0 aromatic carbocycles. The number of carbonyl (C=O) groups excluding carboxylic acids is 1. The second-order valence-electron chi connectivity index (χ2n) is 2.51. The van der Waals surface area contributed by atoms with Crippen LogP contribution in [0.25, 0.3) is 0 Å². The summed E-state index contributed by atoms with van der Waals surface area (Å²) in [6.45, 7) is 3.96. The first-order valence-electron chi connectivity index (χ1n) is 3.47. The number of carbonyl (C=O) groups is 1. The molecule has 2 atom stereocenters. The van der Waals surface area contributed by atoms with Crippen molar-refractivity contribution in [1.82, 2.24) is 0 Å². The highest BCUT2D eigenvalue weighted by molar-refractivity contribution is 6.28. The molecule has 2 N–H and O–H groups in total. The molecule has 4 heteroatoms. The fraction of sp³-hybridized carbons (Fsp3) is 0.857. The van der Waals surface area contributed by atoms with Gasteiger partial charge in [0, 0.05) is 0 Å². The lowest BCUT2D eigenvalue weighted by Crippen LogP contribution is -2.37. The lowest BCUT2D eigenvalue weighted by atomic mass is 9.97. The minimum Gasteiger partial charge on any atom is -0.321 e. The molecule has 0 heterocycles. The number of alkyl halides is 1. The molecule has 0 spiro atoms. The van der Waals surface area contributed by atoms with Crippen LogP contribution in [0.15, 0.2) is 0 Å². The van der Waals surface area contributed by atoms with E-state index in [2.05, 4.69) is 0 Å². The van der Waals surface area contributed by atoms with Crippen molar-refractivity contribution >= 4 is 29.8 Å². The van der Waals surface area contributed by atoms with Crippen LogP contribution in [0, 0.1) is 5.92 Å². The van der Waals surface area contributed by atoms with Crippen LogP contribution in [0.4, 0.5) is 0 Å². The van der Waals surface area contributed by atoms with Gasteiger partial charge in [-0.2, -0.15) is 0 Å². The number of hydrogen-bond donors (Lipinski definition) is 1. The zero-order chi connectivity index (χ0) is 8.15. The summed E-state index contributed by atoms with van der Waals surface area (Å²) in [6.07, 6.45) is 0.920. The van der Waals surface area contributed by atoms with Gasteiger partial charge >= 0.3 is 0 Å². The zero-order valence-electron chi connectivity index (χ0n) is 6.84. The summed E-state index contributed by atoms with van der Waals surface area (Å²) < 4.78 is 0. The van der Waals surface area contributed by atoms with Crippen molar-refractivity contribution in [3.63, 3.8) is 0 Å². The first-order chi connectivity index (χ1) is 4.63. The summed E-state index contributed by atoms with van der Waals surface area (Å²) in [5.74, 6) is 0.216. The number of hydrogen-bond acceptors (Lipinski definition) is 2. The molecule has 0 amide bonds. The van der Waals surface area contributed by atoms with Crippen molar-refractivity contribution in [3.05, 3.63) is 0 Å². The third kappa shape index (κ3) is 4.62. The summed E-state index contributed by atoms with van der Waals surface area (Å²) >= 11 is 5.32. The monoisotopic (exact) mass is 199 g/mol. The van der Waals surface area contributed by atoms with Gasteiger partial charge in [-0.05, 0) is 5.92 Å². The number of nitrogens with two attached hydrogens (primary N) is 1. The third-order valence-electron chi connectivity index (χ3n) is 1.76. The molecule has 2 nitrogen and oxygen atoms in total. The second kappa shape index (κ2) is 6.89. The first kappa shape index (κ1) is 13.8. The Hall–Kier alpha value is 0.210. The van der Waals surface area contributed by atoms with Gasteiger partial charge in [0.2, 0.25) is 0 Å². The molecule has 0 radical (unpaired) electrons. The molecule has 0 rings (SSSR count). The van der Waals surface area contributed by atoms with Gasteiger partial charge < -0.3 is 5.73 Å². The van der Waals surface area contributed by atoms with Gasteiger partial charge in [0.05, 0.1) is 11.9 Å². The fourth-order valence-corrected chi connectivity index (χ4v) is 0.839. The molecule has 0 aromatic heterocycles. The molecule has 0 fully saturated rings. The Morgan fingerprint density at radius 1 is 1.64 bits per heavy atom. The van der Waals surface area contributed by atoms with Crippen molar-refractivity contribution in [1.29, 1.82) is 0 Å². The standard InChI is InChI=1S/C7H14ClNO.ClH/c1-3-5(2)7(9)6(10)4-8;/h5,7H,3-4,9H2,1-2H3;1H. The van der Waals surface area contributed by atoms with E-state index in [1.807, 2.05) is 13.8 Å². The molecule has 68 valence electrons. The minimum absolute atomic E-state index is 0. The van der Waals surface area contributed by atoms with Gasteiger partial charge in [-0.15, -0.1) is 24.0 Å². The van der Waals surface area contributed by atoms with Crippen LogP contribution >= 0.6 is 24.0 Å². The van der Waals surface area contributed by atoms with E-state index in [9.17, 15) is 4.79 Å². The number of halogens is 2. The Balaban J connectivity index is 0. The minimum atomic E-state index is -0.373. The average molecular weight is 200 g/mol. The van der Waals surface area contributed by atoms with Crippen molar-refractivity contribution in [2.24, 2.45) is 11.7 Å². The van der Waals surface area contributed by atoms with Crippen LogP contribution in [0.3, 0.4) is 0 Å². The van der Waals surface area contributed by atoms with Crippen molar-refractivity contribution in [3.8, 4) is 0 Å². The highest BCUT2D eigenvalue weighted by atomic mass is 35.5. The van der Waals surface area contributed by atoms with Crippen LogP contribution in [-0.2, 0) is 4.79 Å². The van der Waals surface area contributed by atoms with Crippen LogP contribution in [0.2, 0.25) is 0 Å². The predicted molar refractivity (Wildman–Crippen MR) is 50.4 cm³/mol.